The van der Waals surface area contributed by atoms with Gasteiger partial charge in [-0.25, -0.2) is 17.2 Å². The minimum atomic E-state index is -4.76. The highest BCUT2D eigenvalue weighted by Gasteiger charge is 2.32. The van der Waals surface area contributed by atoms with E-state index < -0.39 is 51.7 Å². The molecular weight excluding hydrogens is 423 g/mol. The van der Waals surface area contributed by atoms with Gasteiger partial charge in [-0.3, -0.25) is 9.10 Å². The van der Waals surface area contributed by atoms with Gasteiger partial charge in [0.05, 0.1) is 12.8 Å². The molecule has 12 heteroatoms. The average molecular weight is 438 g/mol. The van der Waals surface area contributed by atoms with Gasteiger partial charge in [0.2, 0.25) is 5.91 Å². The number of hydrogen-bond acceptors (Lipinski definition) is 4. The average Bonchev–Trinajstić information content (AvgIpc) is 2.63. The normalized spacial score (nSPS) is 11.8. The maximum Gasteiger partial charge on any atom is 0.405 e. The fourth-order valence-electron chi connectivity index (χ4n) is 2.25. The smallest absolute Gasteiger partial charge is 0.405 e. The van der Waals surface area contributed by atoms with E-state index in [1.54, 1.807) is 5.32 Å². The quantitative estimate of drug-likeness (QED) is 0.675. The van der Waals surface area contributed by atoms with Gasteiger partial charge in [0.25, 0.3) is 10.0 Å². The number of ether oxygens (including phenoxy) is 1. The van der Waals surface area contributed by atoms with Crippen LogP contribution in [0.3, 0.4) is 0 Å². The number of nitrogens with one attached hydrogen (secondary N) is 1. The van der Waals surface area contributed by atoms with Crippen LogP contribution in [0, 0.1) is 11.6 Å². The molecule has 0 radical (unpaired) electrons. The Labute approximate surface area is 162 Å². The van der Waals surface area contributed by atoms with Gasteiger partial charge in [0, 0.05) is 6.07 Å². The van der Waals surface area contributed by atoms with Gasteiger partial charge in [0.1, 0.15) is 35.4 Å². The largest absolute Gasteiger partial charge is 0.497 e. The maximum absolute atomic E-state index is 14.1. The molecule has 29 heavy (non-hydrogen) atoms. The van der Waals surface area contributed by atoms with Crippen LogP contribution in [-0.4, -0.2) is 40.7 Å². The molecule has 0 aliphatic heterocycles. The molecule has 0 heterocycles. The Morgan fingerprint density at radius 2 is 1.72 bits per heavy atom. The second kappa shape index (κ2) is 8.64. The fourth-order valence-corrected chi connectivity index (χ4v) is 3.72. The molecule has 6 nitrogen and oxygen atoms in total. The number of rotatable bonds is 7. The van der Waals surface area contributed by atoms with Crippen LogP contribution in [0.1, 0.15) is 0 Å². The standard InChI is InChI=1S/C17H15F5N2O4S/c1-28-13-5-3-12(4-6-13)24(9-16(25)23-10-17(20,21)22)29(26,27)15-7-2-11(18)8-14(15)19/h2-8H,9-10H2,1H3,(H,23,25). The summed E-state index contributed by atoms with van der Waals surface area (Å²) in [5, 5.41) is 1.54. The number of amides is 1. The molecule has 0 atom stereocenters. The topological polar surface area (TPSA) is 75.7 Å². The first kappa shape index (κ1) is 22.4. The van der Waals surface area contributed by atoms with Crippen molar-refractivity contribution in [3.05, 3.63) is 54.1 Å². The Morgan fingerprint density at radius 3 is 2.24 bits per heavy atom. The van der Waals surface area contributed by atoms with Crippen LogP contribution in [0.5, 0.6) is 5.75 Å². The summed E-state index contributed by atoms with van der Waals surface area (Å²) in [6, 6.07) is 6.81. The molecule has 0 spiro atoms. The van der Waals surface area contributed by atoms with Gasteiger partial charge in [-0.2, -0.15) is 13.2 Å². The molecule has 0 saturated heterocycles. The lowest BCUT2D eigenvalue weighted by Crippen LogP contribution is -2.43. The summed E-state index contributed by atoms with van der Waals surface area (Å²) in [5.41, 5.74) is -0.142. The predicted octanol–water partition coefficient (Wildman–Crippen LogP) is 2.85. The van der Waals surface area contributed by atoms with Crippen molar-refractivity contribution in [3.8, 4) is 5.75 Å². The lowest BCUT2D eigenvalue weighted by molar-refractivity contribution is -0.137. The van der Waals surface area contributed by atoms with Crippen molar-refractivity contribution in [2.75, 3.05) is 24.5 Å². The van der Waals surface area contributed by atoms with Gasteiger partial charge in [0.15, 0.2) is 0 Å². The van der Waals surface area contributed by atoms with Gasteiger partial charge >= 0.3 is 6.18 Å². The number of carbonyl (C=O) groups is 1. The van der Waals surface area contributed by atoms with E-state index in [4.69, 9.17) is 4.74 Å². The summed E-state index contributed by atoms with van der Waals surface area (Å²) in [4.78, 5) is 11.0. The number of hydrogen-bond donors (Lipinski definition) is 1. The van der Waals surface area contributed by atoms with Crippen LogP contribution >= 0.6 is 0 Å². The highest BCUT2D eigenvalue weighted by atomic mass is 32.2. The molecule has 0 fully saturated rings. The number of carbonyl (C=O) groups excluding carboxylic acids is 1. The monoisotopic (exact) mass is 438 g/mol. The minimum Gasteiger partial charge on any atom is -0.497 e. The molecule has 0 bridgehead atoms. The van der Waals surface area contributed by atoms with Crippen molar-refractivity contribution in [1.82, 2.24) is 5.32 Å². The maximum atomic E-state index is 14.1. The molecule has 1 amide bonds. The van der Waals surface area contributed by atoms with E-state index in [2.05, 4.69) is 0 Å². The van der Waals surface area contributed by atoms with E-state index in [0.717, 1.165) is 0 Å². The molecule has 1 N–H and O–H groups in total. The third kappa shape index (κ3) is 5.79. The zero-order valence-corrected chi connectivity index (χ0v) is 15.7. The van der Waals surface area contributed by atoms with E-state index in [9.17, 15) is 35.2 Å². The van der Waals surface area contributed by atoms with E-state index in [1.165, 1.54) is 31.4 Å². The molecule has 2 aromatic carbocycles. The van der Waals surface area contributed by atoms with E-state index >= 15 is 0 Å². The van der Waals surface area contributed by atoms with Crippen molar-refractivity contribution < 1.29 is 39.9 Å². The predicted molar refractivity (Wildman–Crippen MR) is 92.9 cm³/mol. The van der Waals surface area contributed by atoms with Crippen LogP contribution < -0.4 is 14.4 Å². The first-order valence-corrected chi connectivity index (χ1v) is 9.33. The van der Waals surface area contributed by atoms with Crippen LogP contribution in [-0.2, 0) is 14.8 Å². The molecule has 2 rings (SSSR count). The van der Waals surface area contributed by atoms with E-state index in [-0.39, 0.29) is 5.69 Å². The summed E-state index contributed by atoms with van der Waals surface area (Å²) < 4.78 is 95.2. The molecule has 0 aromatic heterocycles. The van der Waals surface area contributed by atoms with Crippen molar-refractivity contribution in [1.29, 1.82) is 0 Å². The minimum absolute atomic E-state index is 0.142. The molecule has 2 aromatic rings. The van der Waals surface area contributed by atoms with Gasteiger partial charge in [-0.1, -0.05) is 0 Å². The lowest BCUT2D eigenvalue weighted by atomic mass is 10.3. The number of alkyl halides is 3. The highest BCUT2D eigenvalue weighted by molar-refractivity contribution is 7.92. The first-order valence-electron chi connectivity index (χ1n) is 7.89. The lowest BCUT2D eigenvalue weighted by Gasteiger charge is -2.24. The number of halogens is 5. The van der Waals surface area contributed by atoms with Crippen LogP contribution in [0.25, 0.3) is 0 Å². The molecule has 0 aliphatic rings. The third-order valence-electron chi connectivity index (χ3n) is 3.60. The number of anilines is 1. The zero-order valence-electron chi connectivity index (χ0n) is 14.8. The third-order valence-corrected chi connectivity index (χ3v) is 5.40. The number of methoxy groups -OCH3 is 1. The Hall–Kier alpha value is -2.89. The summed E-state index contributed by atoms with van der Waals surface area (Å²) in [6.07, 6.45) is -4.71. The molecule has 158 valence electrons. The molecule has 0 unspecified atom stereocenters. The summed E-state index contributed by atoms with van der Waals surface area (Å²) in [5.74, 6) is -3.38. The molecule has 0 saturated carbocycles. The Bertz CT molecular complexity index is 978. The Morgan fingerprint density at radius 1 is 1.10 bits per heavy atom. The second-order valence-electron chi connectivity index (χ2n) is 5.68. The van der Waals surface area contributed by atoms with Crippen LogP contribution in [0.2, 0.25) is 0 Å². The summed E-state index contributed by atoms with van der Waals surface area (Å²) >= 11 is 0. The Kier molecular flexibility index (Phi) is 6.67. The van der Waals surface area contributed by atoms with Gasteiger partial charge in [-0.15, -0.1) is 0 Å². The zero-order chi connectivity index (χ0) is 21.8. The number of benzene rings is 2. The Balaban J connectivity index is 2.43. The van der Waals surface area contributed by atoms with Crippen molar-refractivity contribution >= 4 is 21.6 Å². The number of sulfonamides is 1. The molecule has 0 aliphatic carbocycles. The van der Waals surface area contributed by atoms with Crippen LogP contribution in [0.15, 0.2) is 47.4 Å². The van der Waals surface area contributed by atoms with Crippen molar-refractivity contribution in [2.45, 2.75) is 11.1 Å². The van der Waals surface area contributed by atoms with Crippen molar-refractivity contribution in [3.63, 3.8) is 0 Å². The van der Waals surface area contributed by atoms with Gasteiger partial charge < -0.3 is 10.1 Å². The number of nitrogens with zero attached hydrogens (tertiary/aromatic N) is 1. The molecular formula is C17H15F5N2O4S. The van der Waals surface area contributed by atoms with Crippen molar-refractivity contribution in [2.24, 2.45) is 0 Å². The van der Waals surface area contributed by atoms with Crippen LogP contribution in [0.4, 0.5) is 27.6 Å². The highest BCUT2D eigenvalue weighted by Crippen LogP contribution is 2.27. The first-order chi connectivity index (χ1) is 13.4. The van der Waals surface area contributed by atoms with Gasteiger partial charge in [-0.05, 0) is 36.4 Å². The fraction of sp³-hybridized carbons (Fsp3) is 0.235. The summed E-state index contributed by atoms with van der Waals surface area (Å²) in [6.45, 7) is -2.74. The second-order valence-corrected chi connectivity index (χ2v) is 7.51. The SMILES string of the molecule is COc1ccc(N(CC(=O)NCC(F)(F)F)S(=O)(=O)c2ccc(F)cc2F)cc1. The van der Waals surface area contributed by atoms with E-state index in [1.807, 2.05) is 0 Å². The summed E-state index contributed by atoms with van der Waals surface area (Å²) in [7, 11) is -3.41. The van der Waals surface area contributed by atoms with E-state index in [0.29, 0.717) is 28.3 Å².